The first-order chi connectivity index (χ1) is 9.83. The third-order valence-electron chi connectivity index (χ3n) is 2.57. The second-order valence-electron chi connectivity index (χ2n) is 4.16. The number of ether oxygens (including phenoxy) is 1. The van der Waals surface area contributed by atoms with Crippen LogP contribution >= 0.6 is 27.5 Å². The number of benzene rings is 2. The Morgan fingerprint density at radius 2 is 1.90 bits per heavy atom. The molecule has 0 atom stereocenters. The predicted octanol–water partition coefficient (Wildman–Crippen LogP) is 5.61. The van der Waals surface area contributed by atoms with Crippen molar-refractivity contribution < 1.29 is 17.9 Å². The third kappa shape index (κ3) is 5.13. The van der Waals surface area contributed by atoms with Gasteiger partial charge in [0.1, 0.15) is 5.75 Å². The lowest BCUT2D eigenvalue weighted by molar-refractivity contribution is -0.274. The molecule has 0 unspecified atom stereocenters. The number of alkyl halides is 3. The van der Waals surface area contributed by atoms with E-state index in [0.29, 0.717) is 17.3 Å². The van der Waals surface area contributed by atoms with Gasteiger partial charge in [0.15, 0.2) is 0 Å². The molecule has 0 aliphatic carbocycles. The number of nitrogens with one attached hydrogen (secondary N) is 1. The van der Waals surface area contributed by atoms with Crippen LogP contribution in [0.15, 0.2) is 46.9 Å². The van der Waals surface area contributed by atoms with Crippen molar-refractivity contribution in [1.82, 2.24) is 0 Å². The molecule has 0 saturated heterocycles. The molecule has 0 radical (unpaired) electrons. The molecule has 1 N–H and O–H groups in total. The lowest BCUT2D eigenvalue weighted by Gasteiger charge is -2.12. The van der Waals surface area contributed by atoms with Gasteiger partial charge < -0.3 is 10.1 Å². The highest BCUT2D eigenvalue weighted by Gasteiger charge is 2.31. The maximum absolute atomic E-state index is 12.2. The molecule has 0 aliphatic heterocycles. The molecule has 2 aromatic carbocycles. The van der Waals surface area contributed by atoms with Crippen LogP contribution in [-0.4, -0.2) is 6.36 Å². The Hall–Kier alpha value is -1.40. The van der Waals surface area contributed by atoms with E-state index in [-0.39, 0.29) is 5.75 Å². The molecule has 0 heterocycles. The summed E-state index contributed by atoms with van der Waals surface area (Å²) in [6.07, 6.45) is -4.70. The van der Waals surface area contributed by atoms with Crippen LogP contribution < -0.4 is 10.1 Å². The minimum atomic E-state index is -4.70. The monoisotopic (exact) mass is 379 g/mol. The fraction of sp³-hybridized carbons (Fsp3) is 0.143. The Labute approximate surface area is 133 Å². The fourth-order valence-corrected chi connectivity index (χ4v) is 2.41. The SMILES string of the molecule is FC(F)(F)Oc1cccc(NCc2ccc(Br)cc2Cl)c1. The quantitative estimate of drug-likeness (QED) is 0.744. The van der Waals surface area contributed by atoms with Crippen LogP contribution in [0.4, 0.5) is 18.9 Å². The fourth-order valence-electron chi connectivity index (χ4n) is 1.67. The molecule has 0 fully saturated rings. The van der Waals surface area contributed by atoms with Crippen LogP contribution in [0, 0.1) is 0 Å². The highest BCUT2D eigenvalue weighted by Crippen LogP contribution is 2.26. The Morgan fingerprint density at radius 3 is 2.57 bits per heavy atom. The number of rotatable bonds is 4. The van der Waals surface area contributed by atoms with E-state index in [1.807, 2.05) is 12.1 Å². The van der Waals surface area contributed by atoms with Crippen molar-refractivity contribution in [1.29, 1.82) is 0 Å². The summed E-state index contributed by atoms with van der Waals surface area (Å²) in [5, 5.41) is 3.57. The summed E-state index contributed by atoms with van der Waals surface area (Å²) in [5.74, 6) is -0.269. The van der Waals surface area contributed by atoms with Crippen molar-refractivity contribution in [2.75, 3.05) is 5.32 Å². The largest absolute Gasteiger partial charge is 0.573 e. The summed E-state index contributed by atoms with van der Waals surface area (Å²) < 4.78 is 41.2. The van der Waals surface area contributed by atoms with Gasteiger partial charge in [-0.3, -0.25) is 0 Å². The summed E-state index contributed by atoms with van der Waals surface area (Å²) in [6.45, 7) is 0.390. The summed E-state index contributed by atoms with van der Waals surface area (Å²) >= 11 is 9.37. The second kappa shape index (κ2) is 6.58. The highest BCUT2D eigenvalue weighted by molar-refractivity contribution is 9.10. The Kier molecular flexibility index (Phi) is 5.00. The zero-order valence-electron chi connectivity index (χ0n) is 10.5. The van der Waals surface area contributed by atoms with E-state index < -0.39 is 6.36 Å². The van der Waals surface area contributed by atoms with E-state index in [2.05, 4.69) is 26.0 Å². The van der Waals surface area contributed by atoms with Crippen molar-refractivity contribution in [2.45, 2.75) is 12.9 Å². The molecular formula is C14H10BrClF3NO. The van der Waals surface area contributed by atoms with E-state index in [1.165, 1.54) is 18.2 Å². The molecule has 2 rings (SSSR count). The average Bonchev–Trinajstić information content (AvgIpc) is 2.36. The molecule has 0 saturated carbocycles. The molecule has 2 aromatic rings. The molecule has 2 nitrogen and oxygen atoms in total. The molecule has 0 bridgehead atoms. The molecule has 0 amide bonds. The van der Waals surface area contributed by atoms with Gasteiger partial charge in [0.2, 0.25) is 0 Å². The Bertz CT molecular complexity index is 634. The van der Waals surface area contributed by atoms with Crippen molar-refractivity contribution in [3.8, 4) is 5.75 Å². The van der Waals surface area contributed by atoms with Gasteiger partial charge in [-0.25, -0.2) is 0 Å². The van der Waals surface area contributed by atoms with E-state index in [1.54, 1.807) is 12.1 Å². The molecule has 0 aromatic heterocycles. The van der Waals surface area contributed by atoms with E-state index in [0.717, 1.165) is 10.0 Å². The Morgan fingerprint density at radius 1 is 1.14 bits per heavy atom. The number of hydrogen-bond acceptors (Lipinski definition) is 2. The molecule has 0 aliphatic rings. The van der Waals surface area contributed by atoms with Gasteiger partial charge in [0, 0.05) is 27.8 Å². The smallest absolute Gasteiger partial charge is 0.406 e. The third-order valence-corrected chi connectivity index (χ3v) is 3.41. The van der Waals surface area contributed by atoms with Gasteiger partial charge in [0.25, 0.3) is 0 Å². The second-order valence-corrected chi connectivity index (χ2v) is 5.49. The lowest BCUT2D eigenvalue weighted by atomic mass is 10.2. The lowest BCUT2D eigenvalue weighted by Crippen LogP contribution is -2.17. The first-order valence-electron chi connectivity index (χ1n) is 5.87. The van der Waals surface area contributed by atoms with Gasteiger partial charge >= 0.3 is 6.36 Å². The number of hydrogen-bond donors (Lipinski definition) is 1. The van der Waals surface area contributed by atoms with Gasteiger partial charge in [0.05, 0.1) is 0 Å². The molecule has 112 valence electrons. The van der Waals surface area contributed by atoms with E-state index in [4.69, 9.17) is 11.6 Å². The maximum atomic E-state index is 12.2. The standard InChI is InChI=1S/C14H10BrClF3NO/c15-10-5-4-9(13(16)6-10)8-20-11-2-1-3-12(7-11)21-14(17,18)19/h1-7,20H,8H2. The van der Waals surface area contributed by atoms with Crippen LogP contribution in [-0.2, 0) is 6.54 Å². The molecular weight excluding hydrogens is 371 g/mol. The molecule has 0 spiro atoms. The minimum Gasteiger partial charge on any atom is -0.406 e. The van der Waals surface area contributed by atoms with Crippen molar-refractivity contribution in [3.63, 3.8) is 0 Å². The van der Waals surface area contributed by atoms with Crippen molar-refractivity contribution >= 4 is 33.2 Å². The van der Waals surface area contributed by atoms with Gasteiger partial charge in [-0.2, -0.15) is 0 Å². The van der Waals surface area contributed by atoms with E-state index in [9.17, 15) is 13.2 Å². The zero-order chi connectivity index (χ0) is 15.5. The highest BCUT2D eigenvalue weighted by atomic mass is 79.9. The van der Waals surface area contributed by atoms with Crippen LogP contribution in [0.25, 0.3) is 0 Å². The summed E-state index contributed by atoms with van der Waals surface area (Å²) in [7, 11) is 0. The topological polar surface area (TPSA) is 21.3 Å². The van der Waals surface area contributed by atoms with Crippen LogP contribution in [0.2, 0.25) is 5.02 Å². The summed E-state index contributed by atoms with van der Waals surface area (Å²) in [4.78, 5) is 0. The van der Waals surface area contributed by atoms with Crippen LogP contribution in [0.3, 0.4) is 0 Å². The predicted molar refractivity (Wildman–Crippen MR) is 79.6 cm³/mol. The van der Waals surface area contributed by atoms with E-state index >= 15 is 0 Å². The minimum absolute atomic E-state index is 0.269. The van der Waals surface area contributed by atoms with Crippen LogP contribution in [0.1, 0.15) is 5.56 Å². The Balaban J connectivity index is 2.05. The van der Waals surface area contributed by atoms with Crippen LogP contribution in [0.5, 0.6) is 5.75 Å². The summed E-state index contributed by atoms with van der Waals surface area (Å²) in [5.41, 5.74) is 1.35. The number of halogens is 5. The van der Waals surface area contributed by atoms with Crippen molar-refractivity contribution in [2.24, 2.45) is 0 Å². The molecule has 21 heavy (non-hydrogen) atoms. The first-order valence-corrected chi connectivity index (χ1v) is 7.04. The number of anilines is 1. The molecule has 7 heteroatoms. The maximum Gasteiger partial charge on any atom is 0.573 e. The van der Waals surface area contributed by atoms with Gasteiger partial charge in [-0.05, 0) is 29.8 Å². The van der Waals surface area contributed by atoms with Gasteiger partial charge in [-0.1, -0.05) is 39.7 Å². The summed E-state index contributed by atoms with van der Waals surface area (Å²) in [6, 6.07) is 11.1. The van der Waals surface area contributed by atoms with Gasteiger partial charge in [-0.15, -0.1) is 13.2 Å². The van der Waals surface area contributed by atoms with Crippen molar-refractivity contribution in [3.05, 3.63) is 57.5 Å². The normalized spacial score (nSPS) is 11.3. The average molecular weight is 381 g/mol. The first kappa shape index (κ1) is 16.0. The zero-order valence-corrected chi connectivity index (χ0v) is 12.9.